The summed E-state index contributed by atoms with van der Waals surface area (Å²) in [6.07, 6.45) is 1.35. The number of rotatable bonds is 8. The van der Waals surface area contributed by atoms with E-state index in [1.807, 2.05) is 32.0 Å². The molecule has 0 aliphatic carbocycles. The van der Waals surface area contributed by atoms with Crippen LogP contribution in [0.5, 0.6) is 11.5 Å². The average Bonchev–Trinajstić information content (AvgIpc) is 2.90. The van der Waals surface area contributed by atoms with E-state index in [1.165, 1.54) is 30.3 Å². The molecule has 0 radical (unpaired) electrons. The summed E-state index contributed by atoms with van der Waals surface area (Å²) in [6.45, 7) is 5.73. The molecule has 200 valence electrons. The Morgan fingerprint density at radius 3 is 2.46 bits per heavy atom. The van der Waals surface area contributed by atoms with Gasteiger partial charge in [0.25, 0.3) is 17.7 Å². The minimum absolute atomic E-state index is 0.242. The molecule has 0 aromatic heterocycles. The fraction of sp³-hybridized carbons (Fsp3) is 0.172. The highest BCUT2D eigenvalue weighted by Gasteiger charge is 2.36. The van der Waals surface area contributed by atoms with Gasteiger partial charge in [0.15, 0.2) is 18.1 Å². The molecule has 0 saturated carbocycles. The first-order valence-corrected chi connectivity index (χ1v) is 12.5. The van der Waals surface area contributed by atoms with E-state index in [2.05, 4.69) is 10.6 Å². The summed E-state index contributed by atoms with van der Waals surface area (Å²) in [7, 11) is 0. The van der Waals surface area contributed by atoms with Gasteiger partial charge in [-0.25, -0.2) is 9.69 Å². The molecule has 0 spiro atoms. The second-order valence-electron chi connectivity index (χ2n) is 8.66. The topological polar surface area (TPSA) is 114 Å². The number of ether oxygens (including phenoxy) is 2. The highest BCUT2D eigenvalue weighted by atomic mass is 35.5. The number of halogens is 1. The molecule has 3 aromatic rings. The van der Waals surface area contributed by atoms with Crippen LogP contribution in [0, 0.1) is 13.8 Å². The third-order valence-electron chi connectivity index (χ3n) is 6.00. The number of aryl methyl sites for hydroxylation is 1. The maximum Gasteiger partial charge on any atom is 0.335 e. The van der Waals surface area contributed by atoms with Gasteiger partial charge in [-0.05, 0) is 86.0 Å². The third-order valence-corrected chi connectivity index (χ3v) is 6.25. The van der Waals surface area contributed by atoms with E-state index in [-0.39, 0.29) is 23.8 Å². The van der Waals surface area contributed by atoms with Crippen molar-refractivity contribution in [3.8, 4) is 11.5 Å². The van der Waals surface area contributed by atoms with Gasteiger partial charge in [-0.15, -0.1) is 0 Å². The first-order chi connectivity index (χ1) is 18.7. The number of anilines is 2. The zero-order valence-corrected chi connectivity index (χ0v) is 22.3. The quantitative estimate of drug-likeness (QED) is 0.302. The highest BCUT2D eigenvalue weighted by Crippen LogP contribution is 2.30. The fourth-order valence-corrected chi connectivity index (χ4v) is 3.99. The van der Waals surface area contributed by atoms with Crippen LogP contribution in [0.3, 0.4) is 0 Å². The SMILES string of the molecule is CCOc1cc(/C=C2/C(=O)NC(=O)N(c3ccc(Cl)cc3)C2=O)ccc1OCC(=O)Nc1cccc(C)c1C. The monoisotopic (exact) mass is 547 g/mol. The number of carbonyl (C=O) groups is 4. The molecule has 0 atom stereocenters. The number of urea groups is 1. The van der Waals surface area contributed by atoms with Crippen molar-refractivity contribution in [2.75, 3.05) is 23.4 Å². The largest absolute Gasteiger partial charge is 0.490 e. The number of carbonyl (C=O) groups excluding carboxylic acids is 4. The summed E-state index contributed by atoms with van der Waals surface area (Å²) < 4.78 is 11.4. The van der Waals surface area contributed by atoms with Crippen LogP contribution in [0.4, 0.5) is 16.2 Å². The second-order valence-corrected chi connectivity index (χ2v) is 9.09. The molecule has 1 saturated heterocycles. The summed E-state index contributed by atoms with van der Waals surface area (Å²) in [6, 6.07) is 15.6. The van der Waals surface area contributed by atoms with Gasteiger partial charge in [0.2, 0.25) is 0 Å². The Morgan fingerprint density at radius 2 is 1.74 bits per heavy atom. The van der Waals surface area contributed by atoms with Crippen LogP contribution in [-0.2, 0) is 14.4 Å². The van der Waals surface area contributed by atoms with Crippen LogP contribution in [0.1, 0.15) is 23.6 Å². The number of benzene rings is 3. The maximum atomic E-state index is 13.1. The number of nitrogens with one attached hydrogen (secondary N) is 2. The Hall–Kier alpha value is -4.63. The molecule has 4 rings (SSSR count). The smallest absolute Gasteiger partial charge is 0.335 e. The number of hydrogen-bond donors (Lipinski definition) is 2. The summed E-state index contributed by atoms with van der Waals surface area (Å²) in [4.78, 5) is 51.4. The molecule has 0 unspecified atom stereocenters. The zero-order valence-electron chi connectivity index (χ0n) is 21.5. The van der Waals surface area contributed by atoms with Gasteiger partial charge in [-0.3, -0.25) is 19.7 Å². The van der Waals surface area contributed by atoms with Crippen molar-refractivity contribution in [3.63, 3.8) is 0 Å². The van der Waals surface area contributed by atoms with Crippen molar-refractivity contribution in [2.45, 2.75) is 20.8 Å². The number of imide groups is 2. The van der Waals surface area contributed by atoms with Gasteiger partial charge < -0.3 is 14.8 Å². The molecule has 9 nitrogen and oxygen atoms in total. The van der Waals surface area contributed by atoms with Crippen LogP contribution in [-0.4, -0.2) is 37.0 Å². The Morgan fingerprint density at radius 1 is 1.00 bits per heavy atom. The Bertz CT molecular complexity index is 1480. The molecular weight excluding hydrogens is 522 g/mol. The van der Waals surface area contributed by atoms with E-state index in [1.54, 1.807) is 25.1 Å². The minimum atomic E-state index is -0.859. The van der Waals surface area contributed by atoms with Crippen LogP contribution in [0.25, 0.3) is 6.08 Å². The van der Waals surface area contributed by atoms with Crippen molar-refractivity contribution in [3.05, 3.63) is 87.9 Å². The van der Waals surface area contributed by atoms with Crippen molar-refractivity contribution in [1.82, 2.24) is 5.32 Å². The second kappa shape index (κ2) is 11.8. The van der Waals surface area contributed by atoms with Gasteiger partial charge in [0.05, 0.1) is 12.3 Å². The van der Waals surface area contributed by atoms with Gasteiger partial charge in [-0.2, -0.15) is 0 Å². The standard InChI is InChI=1S/C29H26ClN3O6/c1-4-38-25-15-19(8-13-24(25)39-16-26(34)31-23-7-5-6-17(2)18(23)3)14-22-27(35)32-29(37)33(28(22)36)21-11-9-20(30)10-12-21/h5-15H,4,16H2,1-3H3,(H,31,34)(H,32,35,37)/b22-14-. The van der Waals surface area contributed by atoms with Crippen LogP contribution >= 0.6 is 11.6 Å². The summed E-state index contributed by atoms with van der Waals surface area (Å²) in [5, 5.41) is 5.45. The predicted octanol–water partition coefficient (Wildman–Crippen LogP) is 5.04. The molecule has 1 aliphatic heterocycles. The van der Waals surface area contributed by atoms with E-state index in [0.717, 1.165) is 16.0 Å². The molecule has 10 heteroatoms. The first kappa shape index (κ1) is 27.4. The van der Waals surface area contributed by atoms with Gasteiger partial charge in [-0.1, -0.05) is 29.8 Å². The van der Waals surface area contributed by atoms with Crippen LogP contribution < -0.4 is 25.0 Å². The number of nitrogens with zero attached hydrogens (tertiary/aromatic N) is 1. The molecule has 0 bridgehead atoms. The lowest BCUT2D eigenvalue weighted by Crippen LogP contribution is -2.54. The van der Waals surface area contributed by atoms with E-state index >= 15 is 0 Å². The molecule has 1 aliphatic rings. The van der Waals surface area contributed by atoms with Crippen LogP contribution in [0.15, 0.2) is 66.2 Å². The molecule has 2 N–H and O–H groups in total. The molecule has 1 fully saturated rings. The van der Waals surface area contributed by atoms with Crippen molar-refractivity contribution >= 4 is 52.8 Å². The van der Waals surface area contributed by atoms with E-state index in [9.17, 15) is 19.2 Å². The molecule has 39 heavy (non-hydrogen) atoms. The lowest BCUT2D eigenvalue weighted by Gasteiger charge is -2.26. The van der Waals surface area contributed by atoms with Crippen molar-refractivity contribution in [1.29, 1.82) is 0 Å². The van der Waals surface area contributed by atoms with E-state index in [0.29, 0.717) is 34.4 Å². The Labute approximate surface area is 230 Å². The molecule has 3 aromatic carbocycles. The summed E-state index contributed by atoms with van der Waals surface area (Å²) >= 11 is 5.91. The number of hydrogen-bond acceptors (Lipinski definition) is 6. The summed E-state index contributed by atoms with van der Waals surface area (Å²) in [5.74, 6) is -1.31. The fourth-order valence-electron chi connectivity index (χ4n) is 3.87. The Kier molecular flexibility index (Phi) is 8.31. The lowest BCUT2D eigenvalue weighted by molar-refractivity contribution is -0.122. The number of amides is 5. The summed E-state index contributed by atoms with van der Waals surface area (Å²) in [5.41, 5.74) is 3.21. The maximum absolute atomic E-state index is 13.1. The van der Waals surface area contributed by atoms with Gasteiger partial charge in [0, 0.05) is 10.7 Å². The van der Waals surface area contributed by atoms with Crippen molar-refractivity contribution in [2.24, 2.45) is 0 Å². The molecule has 1 heterocycles. The van der Waals surface area contributed by atoms with Crippen molar-refractivity contribution < 1.29 is 28.7 Å². The van der Waals surface area contributed by atoms with Crippen LogP contribution in [0.2, 0.25) is 5.02 Å². The predicted molar refractivity (Wildman–Crippen MR) is 148 cm³/mol. The van der Waals surface area contributed by atoms with E-state index < -0.39 is 17.8 Å². The average molecular weight is 548 g/mol. The van der Waals surface area contributed by atoms with Gasteiger partial charge in [0.1, 0.15) is 5.57 Å². The first-order valence-electron chi connectivity index (χ1n) is 12.1. The normalized spacial score (nSPS) is 14.3. The third kappa shape index (κ3) is 6.27. The molecule has 5 amide bonds. The molecular formula is C29H26ClN3O6. The lowest BCUT2D eigenvalue weighted by atomic mass is 10.1. The minimum Gasteiger partial charge on any atom is -0.490 e. The number of barbiturate groups is 1. The highest BCUT2D eigenvalue weighted by molar-refractivity contribution is 6.39. The van der Waals surface area contributed by atoms with Gasteiger partial charge >= 0.3 is 6.03 Å². The van der Waals surface area contributed by atoms with E-state index in [4.69, 9.17) is 21.1 Å². The Balaban J connectivity index is 1.53. The zero-order chi connectivity index (χ0) is 28.1.